The zero-order chi connectivity index (χ0) is 14.9. The highest BCUT2D eigenvalue weighted by Gasteiger charge is 2.40. The number of fused-ring (bicyclic) bond motifs is 1. The van der Waals surface area contributed by atoms with Crippen molar-refractivity contribution >= 4 is 17.6 Å². The third kappa shape index (κ3) is 2.73. The van der Waals surface area contributed by atoms with Gasteiger partial charge in [-0.3, -0.25) is 9.59 Å². The van der Waals surface area contributed by atoms with Gasteiger partial charge in [-0.2, -0.15) is 0 Å². The fourth-order valence-electron chi connectivity index (χ4n) is 3.27. The molecule has 1 saturated carbocycles. The minimum absolute atomic E-state index is 0.00597. The van der Waals surface area contributed by atoms with E-state index in [1.165, 1.54) is 0 Å². The van der Waals surface area contributed by atoms with Crippen molar-refractivity contribution in [2.24, 2.45) is 0 Å². The van der Waals surface area contributed by atoms with Crippen LogP contribution < -0.4 is 10.6 Å². The first-order valence-electron chi connectivity index (χ1n) is 7.50. The van der Waals surface area contributed by atoms with Gasteiger partial charge in [-0.25, -0.2) is 0 Å². The number of carbonyl (C=O) groups is 2. The SMILES string of the molecule is O=C(O)CC1(NC(=O)c2cccc3c2CCCN3)CCC1. The summed E-state index contributed by atoms with van der Waals surface area (Å²) in [6.07, 6.45) is 4.38. The number of carboxylic acids is 1. The molecule has 5 nitrogen and oxygen atoms in total. The molecule has 0 unspecified atom stereocenters. The van der Waals surface area contributed by atoms with Crippen LogP contribution in [0.25, 0.3) is 0 Å². The lowest BCUT2D eigenvalue weighted by Crippen LogP contribution is -2.54. The number of benzene rings is 1. The lowest BCUT2D eigenvalue weighted by Gasteiger charge is -2.41. The van der Waals surface area contributed by atoms with Crippen LogP contribution in [0.3, 0.4) is 0 Å². The Labute approximate surface area is 123 Å². The summed E-state index contributed by atoms with van der Waals surface area (Å²) in [6, 6.07) is 5.69. The predicted molar refractivity (Wildman–Crippen MR) is 79.6 cm³/mol. The number of rotatable bonds is 4. The second-order valence-corrected chi connectivity index (χ2v) is 6.02. The number of anilines is 1. The Kier molecular flexibility index (Phi) is 3.57. The van der Waals surface area contributed by atoms with E-state index in [1.54, 1.807) is 0 Å². The second kappa shape index (κ2) is 5.39. The average molecular weight is 288 g/mol. The van der Waals surface area contributed by atoms with E-state index in [0.717, 1.165) is 49.9 Å². The second-order valence-electron chi connectivity index (χ2n) is 6.02. The van der Waals surface area contributed by atoms with Crippen LogP contribution in [-0.2, 0) is 11.2 Å². The molecule has 1 aromatic rings. The van der Waals surface area contributed by atoms with E-state index in [4.69, 9.17) is 5.11 Å². The molecule has 3 rings (SSSR count). The Morgan fingerprint density at radius 2 is 2.10 bits per heavy atom. The van der Waals surface area contributed by atoms with Gasteiger partial charge in [0, 0.05) is 17.8 Å². The van der Waals surface area contributed by atoms with Crippen LogP contribution >= 0.6 is 0 Å². The molecule has 0 aromatic heterocycles. The fraction of sp³-hybridized carbons (Fsp3) is 0.500. The molecule has 1 aliphatic heterocycles. The number of carbonyl (C=O) groups excluding carboxylic acids is 1. The number of hydrogen-bond acceptors (Lipinski definition) is 3. The third-order valence-corrected chi connectivity index (χ3v) is 4.52. The number of hydrogen-bond donors (Lipinski definition) is 3. The van der Waals surface area contributed by atoms with Crippen molar-refractivity contribution in [3.8, 4) is 0 Å². The molecular weight excluding hydrogens is 268 g/mol. The summed E-state index contributed by atoms with van der Waals surface area (Å²) in [7, 11) is 0. The summed E-state index contributed by atoms with van der Waals surface area (Å²) in [4.78, 5) is 23.6. The van der Waals surface area contributed by atoms with E-state index < -0.39 is 11.5 Å². The third-order valence-electron chi connectivity index (χ3n) is 4.52. The molecule has 1 amide bonds. The van der Waals surface area contributed by atoms with Crippen LogP contribution in [0.15, 0.2) is 18.2 Å². The van der Waals surface area contributed by atoms with Crippen molar-refractivity contribution in [1.29, 1.82) is 0 Å². The van der Waals surface area contributed by atoms with E-state index in [2.05, 4.69) is 10.6 Å². The van der Waals surface area contributed by atoms with Crippen molar-refractivity contribution in [2.75, 3.05) is 11.9 Å². The van der Waals surface area contributed by atoms with E-state index in [0.29, 0.717) is 5.56 Å². The first kappa shape index (κ1) is 13.9. The van der Waals surface area contributed by atoms with Crippen molar-refractivity contribution in [2.45, 2.75) is 44.1 Å². The summed E-state index contributed by atoms with van der Waals surface area (Å²) in [5.74, 6) is -0.997. The largest absolute Gasteiger partial charge is 0.481 e. The Morgan fingerprint density at radius 1 is 1.29 bits per heavy atom. The summed E-state index contributed by atoms with van der Waals surface area (Å²) < 4.78 is 0. The van der Waals surface area contributed by atoms with Gasteiger partial charge in [0.15, 0.2) is 0 Å². The van der Waals surface area contributed by atoms with Crippen molar-refractivity contribution in [3.05, 3.63) is 29.3 Å². The maximum Gasteiger partial charge on any atom is 0.305 e. The maximum absolute atomic E-state index is 12.6. The first-order valence-corrected chi connectivity index (χ1v) is 7.50. The van der Waals surface area contributed by atoms with Crippen LogP contribution in [0.1, 0.15) is 48.0 Å². The molecule has 1 fully saturated rings. The van der Waals surface area contributed by atoms with Gasteiger partial charge in [0.1, 0.15) is 0 Å². The minimum Gasteiger partial charge on any atom is -0.481 e. The van der Waals surface area contributed by atoms with Crippen molar-refractivity contribution in [3.63, 3.8) is 0 Å². The van der Waals surface area contributed by atoms with Crippen LogP contribution in [0.2, 0.25) is 0 Å². The van der Waals surface area contributed by atoms with E-state index in [1.807, 2.05) is 18.2 Å². The Balaban J connectivity index is 1.81. The Morgan fingerprint density at radius 3 is 2.76 bits per heavy atom. The van der Waals surface area contributed by atoms with Gasteiger partial charge in [0.05, 0.1) is 12.0 Å². The molecule has 0 atom stereocenters. The molecule has 5 heteroatoms. The summed E-state index contributed by atoms with van der Waals surface area (Å²) in [5, 5.41) is 15.3. The number of amides is 1. The summed E-state index contributed by atoms with van der Waals surface area (Å²) >= 11 is 0. The fourth-order valence-corrected chi connectivity index (χ4v) is 3.27. The lowest BCUT2D eigenvalue weighted by molar-refractivity contribution is -0.139. The number of carboxylic acid groups (broad SMARTS) is 1. The molecule has 0 saturated heterocycles. The van der Waals surface area contributed by atoms with Crippen LogP contribution in [0.5, 0.6) is 0 Å². The van der Waals surface area contributed by atoms with Crippen LogP contribution in [0.4, 0.5) is 5.69 Å². The molecule has 0 radical (unpaired) electrons. The van der Waals surface area contributed by atoms with Gasteiger partial charge >= 0.3 is 5.97 Å². The highest BCUT2D eigenvalue weighted by molar-refractivity contribution is 5.98. The molecule has 1 aliphatic carbocycles. The molecule has 0 spiro atoms. The Hall–Kier alpha value is -2.04. The quantitative estimate of drug-likeness (QED) is 0.793. The summed E-state index contributed by atoms with van der Waals surface area (Å²) in [6.45, 7) is 0.932. The topological polar surface area (TPSA) is 78.4 Å². The predicted octanol–water partition coefficient (Wildman–Crippen LogP) is 2.17. The molecular formula is C16H20N2O3. The first-order chi connectivity index (χ1) is 10.1. The average Bonchev–Trinajstić information content (AvgIpc) is 2.43. The van der Waals surface area contributed by atoms with Crippen molar-refractivity contribution < 1.29 is 14.7 Å². The molecule has 21 heavy (non-hydrogen) atoms. The van der Waals surface area contributed by atoms with Gasteiger partial charge in [-0.1, -0.05) is 6.07 Å². The van der Waals surface area contributed by atoms with Gasteiger partial charge in [-0.05, 0) is 49.8 Å². The molecule has 1 aromatic carbocycles. The zero-order valence-electron chi connectivity index (χ0n) is 11.9. The van der Waals surface area contributed by atoms with Gasteiger partial charge in [0.25, 0.3) is 5.91 Å². The standard InChI is InChI=1S/C16H20N2O3/c19-14(20)10-16(7-3-8-16)18-15(21)12-4-1-6-13-11(12)5-2-9-17-13/h1,4,6,17H,2-3,5,7-10H2,(H,18,21)(H,19,20). The van der Waals surface area contributed by atoms with Gasteiger partial charge in [0.2, 0.25) is 0 Å². The van der Waals surface area contributed by atoms with E-state index >= 15 is 0 Å². The normalized spacial score (nSPS) is 18.9. The molecule has 0 bridgehead atoms. The monoisotopic (exact) mass is 288 g/mol. The highest BCUT2D eigenvalue weighted by Crippen LogP contribution is 2.35. The van der Waals surface area contributed by atoms with Crippen LogP contribution in [-0.4, -0.2) is 29.1 Å². The van der Waals surface area contributed by atoms with E-state index in [9.17, 15) is 9.59 Å². The van der Waals surface area contributed by atoms with Gasteiger partial charge in [-0.15, -0.1) is 0 Å². The molecule has 1 heterocycles. The number of aliphatic carboxylic acids is 1. The van der Waals surface area contributed by atoms with E-state index in [-0.39, 0.29) is 12.3 Å². The Bertz CT molecular complexity index is 579. The van der Waals surface area contributed by atoms with Crippen LogP contribution in [0, 0.1) is 0 Å². The highest BCUT2D eigenvalue weighted by atomic mass is 16.4. The maximum atomic E-state index is 12.6. The lowest BCUT2D eigenvalue weighted by atomic mass is 9.74. The minimum atomic E-state index is -0.855. The molecule has 3 N–H and O–H groups in total. The van der Waals surface area contributed by atoms with Gasteiger partial charge < -0.3 is 15.7 Å². The number of nitrogens with one attached hydrogen (secondary N) is 2. The zero-order valence-corrected chi connectivity index (χ0v) is 11.9. The molecule has 112 valence electrons. The smallest absolute Gasteiger partial charge is 0.305 e. The van der Waals surface area contributed by atoms with Crippen molar-refractivity contribution in [1.82, 2.24) is 5.32 Å². The molecule has 2 aliphatic rings. The summed E-state index contributed by atoms with van der Waals surface area (Å²) in [5.41, 5.74) is 2.20.